The summed E-state index contributed by atoms with van der Waals surface area (Å²) in [6.07, 6.45) is 0. The van der Waals surface area contributed by atoms with Gasteiger partial charge in [-0.2, -0.15) is 0 Å². The Bertz CT molecular complexity index is 1350. The molecule has 0 fully saturated rings. The van der Waals surface area contributed by atoms with Crippen LogP contribution in [0.1, 0.15) is 16.6 Å². The summed E-state index contributed by atoms with van der Waals surface area (Å²) in [4.78, 5) is 29.7. The molecule has 2 aromatic heterocycles. The second-order valence-electron chi connectivity index (χ2n) is 7.09. The van der Waals surface area contributed by atoms with Crippen molar-refractivity contribution in [2.75, 3.05) is 29.6 Å². The number of thiophene rings is 1. The van der Waals surface area contributed by atoms with Crippen molar-refractivity contribution < 1.29 is 19.1 Å². The number of carbonyl (C=O) groups is 2. The number of hydrogen-bond acceptors (Lipinski definition) is 7. The number of fused-ring (bicyclic) bond motifs is 3. The molecule has 0 spiro atoms. The minimum absolute atomic E-state index is 0.159. The van der Waals surface area contributed by atoms with Crippen LogP contribution in [0.25, 0.3) is 21.1 Å². The molecule has 0 saturated heterocycles. The van der Waals surface area contributed by atoms with E-state index < -0.39 is 0 Å². The van der Waals surface area contributed by atoms with E-state index in [9.17, 15) is 9.59 Å². The van der Waals surface area contributed by atoms with E-state index in [-0.39, 0.29) is 11.8 Å². The van der Waals surface area contributed by atoms with Crippen molar-refractivity contribution in [1.82, 2.24) is 4.98 Å². The van der Waals surface area contributed by atoms with E-state index in [0.29, 0.717) is 51.5 Å². The number of amides is 2. The van der Waals surface area contributed by atoms with Crippen LogP contribution in [0.3, 0.4) is 0 Å². The molecule has 2 amide bonds. The largest absolute Gasteiger partial charge is 0.486 e. The minimum Gasteiger partial charge on any atom is -0.486 e. The van der Waals surface area contributed by atoms with Crippen molar-refractivity contribution >= 4 is 61.3 Å². The average Bonchev–Trinajstić information content (AvgIpc) is 3.07. The number of nitrogen functional groups attached to an aromatic ring is 1. The Balaban J connectivity index is 1.46. The lowest BCUT2D eigenvalue weighted by Gasteiger charge is -2.18. The topological polar surface area (TPSA) is 116 Å². The molecule has 0 radical (unpaired) electrons. The van der Waals surface area contributed by atoms with Crippen LogP contribution < -0.4 is 25.8 Å². The lowest BCUT2D eigenvalue weighted by molar-refractivity contribution is -0.114. The smallest absolute Gasteiger partial charge is 0.267 e. The van der Waals surface area contributed by atoms with Gasteiger partial charge in [0.2, 0.25) is 5.91 Å². The Morgan fingerprint density at radius 3 is 2.32 bits per heavy atom. The number of rotatable bonds is 3. The highest BCUT2D eigenvalue weighted by atomic mass is 32.1. The van der Waals surface area contributed by atoms with Gasteiger partial charge in [0.1, 0.15) is 22.9 Å². The van der Waals surface area contributed by atoms with Crippen LogP contribution in [-0.4, -0.2) is 30.0 Å². The third kappa shape index (κ3) is 3.59. The van der Waals surface area contributed by atoms with Crippen molar-refractivity contribution in [1.29, 1.82) is 0 Å². The molecule has 8 nitrogen and oxygen atoms in total. The Hall–Kier alpha value is -3.85. The summed E-state index contributed by atoms with van der Waals surface area (Å²) in [6.45, 7) is 2.44. The predicted octanol–water partition coefficient (Wildman–Crippen LogP) is 4.01. The van der Waals surface area contributed by atoms with Crippen LogP contribution >= 0.6 is 11.3 Å². The van der Waals surface area contributed by atoms with Gasteiger partial charge in [0.05, 0.1) is 11.2 Å². The van der Waals surface area contributed by atoms with Crippen molar-refractivity contribution in [3.63, 3.8) is 0 Å². The second-order valence-corrected chi connectivity index (χ2v) is 8.09. The summed E-state index contributed by atoms with van der Waals surface area (Å²) in [5.74, 6) is 0.863. The molecule has 4 N–H and O–H groups in total. The predicted molar refractivity (Wildman–Crippen MR) is 121 cm³/mol. The number of aromatic nitrogens is 1. The molecule has 5 rings (SSSR count). The average molecular weight is 434 g/mol. The molecule has 4 aromatic rings. The van der Waals surface area contributed by atoms with E-state index >= 15 is 0 Å². The first-order valence-corrected chi connectivity index (χ1v) is 10.4. The molecule has 9 heteroatoms. The third-order valence-corrected chi connectivity index (χ3v) is 5.96. The molecule has 0 aliphatic carbocycles. The molecule has 3 heterocycles. The minimum atomic E-state index is -0.317. The number of pyridine rings is 1. The number of hydrogen-bond donors (Lipinski definition) is 3. The summed E-state index contributed by atoms with van der Waals surface area (Å²) in [5.41, 5.74) is 8.69. The maximum absolute atomic E-state index is 12.9. The van der Waals surface area contributed by atoms with E-state index in [0.717, 1.165) is 16.3 Å². The second kappa shape index (κ2) is 7.44. The van der Waals surface area contributed by atoms with Crippen molar-refractivity contribution in [2.24, 2.45) is 0 Å². The van der Waals surface area contributed by atoms with Crippen LogP contribution in [0.15, 0.2) is 42.5 Å². The molecule has 31 heavy (non-hydrogen) atoms. The number of carbonyl (C=O) groups excluding carboxylic acids is 2. The Kier molecular flexibility index (Phi) is 4.59. The zero-order valence-electron chi connectivity index (χ0n) is 16.5. The number of ether oxygens (including phenoxy) is 2. The third-order valence-electron chi connectivity index (χ3n) is 4.85. The monoisotopic (exact) mass is 434 g/mol. The van der Waals surface area contributed by atoms with Gasteiger partial charge >= 0.3 is 0 Å². The van der Waals surface area contributed by atoms with Gasteiger partial charge in [0.15, 0.2) is 11.5 Å². The van der Waals surface area contributed by atoms with Crippen LogP contribution in [0.2, 0.25) is 0 Å². The fourth-order valence-corrected chi connectivity index (χ4v) is 4.41. The Morgan fingerprint density at radius 2 is 1.65 bits per heavy atom. The SMILES string of the molecule is CC(=O)Nc1ccc(NC(=O)c2sc3nc4cc5c(cc4cc3c2N)OCCO5)cc1. The van der Waals surface area contributed by atoms with Gasteiger partial charge in [0, 0.05) is 35.1 Å². The summed E-state index contributed by atoms with van der Waals surface area (Å²) < 4.78 is 11.3. The molecule has 0 bridgehead atoms. The first-order chi connectivity index (χ1) is 15.0. The zero-order chi connectivity index (χ0) is 21.5. The molecular formula is C22H18N4O4S. The maximum Gasteiger partial charge on any atom is 0.267 e. The number of nitrogens with two attached hydrogens (primary N) is 1. The molecule has 0 unspecified atom stereocenters. The number of anilines is 3. The maximum atomic E-state index is 12.9. The summed E-state index contributed by atoms with van der Waals surface area (Å²) >= 11 is 1.24. The van der Waals surface area contributed by atoms with E-state index in [1.54, 1.807) is 24.3 Å². The van der Waals surface area contributed by atoms with Gasteiger partial charge < -0.3 is 25.8 Å². The van der Waals surface area contributed by atoms with Gasteiger partial charge in [-0.05, 0) is 36.4 Å². The molecule has 1 aliphatic heterocycles. The van der Waals surface area contributed by atoms with Crippen LogP contribution in [0.5, 0.6) is 11.5 Å². The van der Waals surface area contributed by atoms with E-state index in [1.807, 2.05) is 18.2 Å². The fraction of sp³-hybridized carbons (Fsp3) is 0.136. The van der Waals surface area contributed by atoms with E-state index in [4.69, 9.17) is 15.2 Å². The zero-order valence-corrected chi connectivity index (χ0v) is 17.3. The summed E-state index contributed by atoms with van der Waals surface area (Å²) in [5, 5.41) is 7.11. The molecule has 0 atom stereocenters. The fourth-order valence-electron chi connectivity index (χ4n) is 3.43. The van der Waals surface area contributed by atoms with Crippen LogP contribution in [-0.2, 0) is 4.79 Å². The van der Waals surface area contributed by atoms with E-state index in [2.05, 4.69) is 15.6 Å². The van der Waals surface area contributed by atoms with Gasteiger partial charge in [-0.1, -0.05) is 0 Å². The standard InChI is InChI=1S/C22H18N4O4S/c1-11(27)24-13-2-4-14(5-3-13)25-21(28)20-19(23)15-8-12-9-17-18(30-7-6-29-17)10-16(12)26-22(15)31-20/h2-5,8-10H,6-7,23H2,1H3,(H,24,27)(H,25,28). The number of nitrogens with zero attached hydrogens (tertiary/aromatic N) is 1. The molecule has 1 aliphatic rings. The normalized spacial score (nSPS) is 12.7. The van der Waals surface area contributed by atoms with Crippen molar-refractivity contribution in [3.05, 3.63) is 47.3 Å². The highest BCUT2D eigenvalue weighted by Gasteiger charge is 2.20. The van der Waals surface area contributed by atoms with Crippen molar-refractivity contribution in [2.45, 2.75) is 6.92 Å². The first kappa shape index (κ1) is 19.1. The highest BCUT2D eigenvalue weighted by Crippen LogP contribution is 2.39. The molecule has 2 aromatic carbocycles. The summed E-state index contributed by atoms with van der Waals surface area (Å²) in [6, 6.07) is 12.5. The quantitative estimate of drug-likeness (QED) is 0.449. The summed E-state index contributed by atoms with van der Waals surface area (Å²) in [7, 11) is 0. The first-order valence-electron chi connectivity index (χ1n) is 9.59. The lowest BCUT2D eigenvalue weighted by Crippen LogP contribution is -2.15. The highest BCUT2D eigenvalue weighted by molar-refractivity contribution is 7.21. The number of benzene rings is 2. The molecular weight excluding hydrogens is 416 g/mol. The molecule has 156 valence electrons. The Labute approximate surface area is 181 Å². The molecule has 0 saturated carbocycles. The van der Waals surface area contributed by atoms with Crippen molar-refractivity contribution in [3.8, 4) is 11.5 Å². The Morgan fingerprint density at radius 1 is 1.00 bits per heavy atom. The van der Waals surface area contributed by atoms with Gasteiger partial charge in [-0.25, -0.2) is 4.98 Å². The van der Waals surface area contributed by atoms with Gasteiger partial charge in [0.25, 0.3) is 5.91 Å². The number of nitrogens with one attached hydrogen (secondary N) is 2. The van der Waals surface area contributed by atoms with Gasteiger partial charge in [-0.15, -0.1) is 11.3 Å². The lowest BCUT2D eigenvalue weighted by atomic mass is 10.1. The van der Waals surface area contributed by atoms with E-state index in [1.165, 1.54) is 18.3 Å². The van der Waals surface area contributed by atoms with Crippen LogP contribution in [0.4, 0.5) is 17.1 Å². The van der Waals surface area contributed by atoms with Crippen LogP contribution in [0, 0.1) is 0 Å². The van der Waals surface area contributed by atoms with Gasteiger partial charge in [-0.3, -0.25) is 9.59 Å².